The van der Waals surface area contributed by atoms with E-state index in [4.69, 9.17) is 6.57 Å². The third kappa shape index (κ3) is 9.51. The average Bonchev–Trinajstić information content (AvgIpc) is 3.75. The van der Waals surface area contributed by atoms with Crippen molar-refractivity contribution >= 4 is 27.7 Å². The molecule has 0 unspecified atom stereocenters. The number of likely N-dealkylation sites (tertiary alicyclic amines) is 1. The van der Waals surface area contributed by atoms with Crippen molar-refractivity contribution < 1.29 is 40.2 Å². The molecule has 1 atom stereocenters. The SMILES string of the molecule is O=S(=O)([O-])c1ccccc1.[C-]#[N+]c1ccc(-n2nccc2-c2c(C)n(-c3cccc(C(F)(F)F)c3)c(=O)n2C(=O)N[C@@H](C)C(=O)N(C)C2CC[N+](C)(C)CC2)cc1. The molecule has 18 heteroatoms. The van der Waals surface area contributed by atoms with Crippen molar-refractivity contribution in [1.82, 2.24) is 29.1 Å². The first kappa shape index (κ1) is 42.1. The lowest BCUT2D eigenvalue weighted by Crippen LogP contribution is -2.55. The Hall–Kier alpha value is -6.03. The third-order valence-electron chi connectivity index (χ3n) is 9.80. The van der Waals surface area contributed by atoms with Gasteiger partial charge in [0.1, 0.15) is 21.9 Å². The number of alkyl halides is 3. The van der Waals surface area contributed by atoms with Crippen molar-refractivity contribution in [1.29, 1.82) is 0 Å². The van der Waals surface area contributed by atoms with Crippen LogP contribution in [0.3, 0.4) is 0 Å². The number of hydrogen-bond acceptors (Lipinski definition) is 7. The Morgan fingerprint density at radius 3 is 2.19 bits per heavy atom. The van der Waals surface area contributed by atoms with Gasteiger partial charge < -0.3 is 19.3 Å². The number of halogens is 3. The predicted octanol–water partition coefficient (Wildman–Crippen LogP) is 5.60. The molecule has 1 saturated heterocycles. The van der Waals surface area contributed by atoms with Gasteiger partial charge in [0.05, 0.1) is 73.2 Å². The summed E-state index contributed by atoms with van der Waals surface area (Å²) in [5.74, 6) is -0.330. The summed E-state index contributed by atoms with van der Waals surface area (Å²) in [5.41, 5.74) is -0.546. The van der Waals surface area contributed by atoms with E-state index in [-0.39, 0.29) is 39.6 Å². The van der Waals surface area contributed by atoms with Crippen LogP contribution in [0.25, 0.3) is 27.6 Å². The Balaban J connectivity index is 0.000000540. The minimum absolute atomic E-state index is 0.000820. The van der Waals surface area contributed by atoms with Crippen molar-refractivity contribution in [2.24, 2.45) is 0 Å². The van der Waals surface area contributed by atoms with E-state index in [1.165, 1.54) is 61.1 Å². The normalized spacial score (nSPS) is 14.8. The van der Waals surface area contributed by atoms with E-state index in [2.05, 4.69) is 29.4 Å². The van der Waals surface area contributed by atoms with E-state index in [0.29, 0.717) is 11.4 Å². The van der Waals surface area contributed by atoms with Crippen molar-refractivity contribution in [3.05, 3.63) is 124 Å². The molecule has 0 spiro atoms. The summed E-state index contributed by atoms with van der Waals surface area (Å²) in [7, 11) is 1.72. The summed E-state index contributed by atoms with van der Waals surface area (Å²) < 4.78 is 75.9. The molecule has 300 valence electrons. The fraction of sp³-hybridized carbons (Fsp3) is 0.308. The topological polar surface area (TPSA) is 156 Å². The number of nitrogens with zero attached hydrogens (tertiary/aromatic N) is 7. The van der Waals surface area contributed by atoms with Crippen molar-refractivity contribution in [2.45, 2.75) is 49.8 Å². The molecule has 0 saturated carbocycles. The van der Waals surface area contributed by atoms with Crippen LogP contribution in [0.15, 0.2) is 101 Å². The van der Waals surface area contributed by atoms with Gasteiger partial charge in [0, 0.05) is 25.9 Å². The van der Waals surface area contributed by atoms with Gasteiger partial charge in [-0.3, -0.25) is 9.36 Å². The van der Waals surface area contributed by atoms with Gasteiger partial charge in [0.2, 0.25) is 5.91 Å². The molecule has 0 aliphatic carbocycles. The number of amides is 2. The molecule has 3 aromatic carbocycles. The first-order valence-corrected chi connectivity index (χ1v) is 19.1. The number of aromatic nitrogens is 4. The first-order valence-electron chi connectivity index (χ1n) is 17.7. The maximum atomic E-state index is 14.1. The average molecular weight is 807 g/mol. The van der Waals surface area contributed by atoms with Gasteiger partial charge in [-0.15, -0.1) is 0 Å². The molecule has 6 rings (SSSR count). The summed E-state index contributed by atoms with van der Waals surface area (Å²) in [5, 5.41) is 7.01. The molecular weight excluding hydrogens is 766 g/mol. The molecule has 1 aliphatic heterocycles. The van der Waals surface area contributed by atoms with E-state index in [9.17, 15) is 40.5 Å². The zero-order chi connectivity index (χ0) is 41.9. The highest BCUT2D eigenvalue weighted by molar-refractivity contribution is 7.85. The Labute approximate surface area is 327 Å². The van der Waals surface area contributed by atoms with E-state index in [1.807, 2.05) is 0 Å². The second-order valence-corrected chi connectivity index (χ2v) is 15.6. The van der Waals surface area contributed by atoms with Crippen LogP contribution < -0.4 is 11.0 Å². The number of hydrogen-bond donors (Lipinski definition) is 1. The quantitative estimate of drug-likeness (QED) is 0.128. The summed E-state index contributed by atoms with van der Waals surface area (Å²) >= 11 is 0. The smallest absolute Gasteiger partial charge is 0.416 e. The van der Waals surface area contributed by atoms with Crippen LogP contribution >= 0.6 is 0 Å². The molecule has 2 amide bonds. The van der Waals surface area contributed by atoms with E-state index in [0.717, 1.165) is 51.7 Å². The second-order valence-electron chi connectivity index (χ2n) is 14.2. The number of nitrogens with one attached hydrogen (secondary N) is 1. The number of carbonyl (C=O) groups is 2. The van der Waals surface area contributed by atoms with E-state index >= 15 is 0 Å². The molecule has 1 fully saturated rings. The van der Waals surface area contributed by atoms with Crippen molar-refractivity contribution in [3.8, 4) is 22.8 Å². The Morgan fingerprint density at radius 2 is 1.63 bits per heavy atom. The fourth-order valence-corrected chi connectivity index (χ4v) is 7.09. The zero-order valence-electron chi connectivity index (χ0n) is 31.8. The highest BCUT2D eigenvalue weighted by Crippen LogP contribution is 2.32. The highest BCUT2D eigenvalue weighted by Gasteiger charge is 2.35. The van der Waals surface area contributed by atoms with Gasteiger partial charge in [0.25, 0.3) is 0 Å². The maximum Gasteiger partial charge on any atom is 0.416 e. The predicted molar refractivity (Wildman–Crippen MR) is 204 cm³/mol. The minimum atomic E-state index is -4.67. The molecule has 0 radical (unpaired) electrons. The van der Waals surface area contributed by atoms with E-state index in [1.54, 1.807) is 48.3 Å². The molecule has 2 aromatic heterocycles. The van der Waals surface area contributed by atoms with E-state index < -0.39 is 39.6 Å². The number of rotatable bonds is 7. The highest BCUT2D eigenvalue weighted by atomic mass is 32.2. The summed E-state index contributed by atoms with van der Waals surface area (Å²) in [6.45, 7) is 12.1. The van der Waals surface area contributed by atoms with Crippen LogP contribution in [0.5, 0.6) is 0 Å². The van der Waals surface area contributed by atoms with Gasteiger partial charge in [-0.1, -0.05) is 36.4 Å². The van der Waals surface area contributed by atoms with Crippen LogP contribution in [-0.2, 0) is 21.1 Å². The van der Waals surface area contributed by atoms with Gasteiger partial charge in [-0.25, -0.2) is 32.1 Å². The number of quaternary nitrogens is 1. The molecule has 0 bridgehead atoms. The van der Waals surface area contributed by atoms with Crippen LogP contribution in [0.1, 0.15) is 31.0 Å². The number of carbonyl (C=O) groups excluding carboxylic acids is 2. The van der Waals surface area contributed by atoms with Gasteiger partial charge in [0.15, 0.2) is 5.69 Å². The number of piperidine rings is 1. The molecule has 57 heavy (non-hydrogen) atoms. The number of benzene rings is 3. The molecule has 5 aromatic rings. The summed E-state index contributed by atoms with van der Waals surface area (Å²) in [4.78, 5) is 46.3. The lowest BCUT2D eigenvalue weighted by molar-refractivity contribution is -0.895. The standard InChI is InChI=1S/C33H35F3N8O3.C6H6O3S/c1-21(30(45)40(4)25-15-18-44(5,6)19-16-25)39-31(46)42-29(28-14-17-38-43(28)26-12-10-24(37-3)11-13-26)22(2)41(32(42)47)27-9-7-8-23(20-27)33(34,35)36;7-10(8,9)6-4-2-1-3-5-6/h7-14,17,20-21,25H,15-16,18-19H2,1-2,4-6H3;1-5H,(H,7,8,9)/t21-;/m0./s1. The largest absolute Gasteiger partial charge is 0.744 e. The Kier molecular flexibility index (Phi) is 12.3. The molecule has 14 nitrogen and oxygen atoms in total. The minimum Gasteiger partial charge on any atom is -0.744 e. The van der Waals surface area contributed by atoms with Crippen LogP contribution in [0, 0.1) is 13.5 Å². The maximum absolute atomic E-state index is 14.1. The monoisotopic (exact) mass is 806 g/mol. The van der Waals surface area contributed by atoms with Gasteiger partial charge in [-0.05, 0) is 62.4 Å². The van der Waals surface area contributed by atoms with Crippen molar-refractivity contribution in [2.75, 3.05) is 34.2 Å². The third-order valence-corrected chi connectivity index (χ3v) is 10.7. The Morgan fingerprint density at radius 1 is 1.00 bits per heavy atom. The summed E-state index contributed by atoms with van der Waals surface area (Å²) in [6.07, 6.45) is -1.60. The molecule has 3 heterocycles. The lowest BCUT2D eigenvalue weighted by Gasteiger charge is -2.40. The van der Waals surface area contributed by atoms with Crippen LogP contribution in [0.4, 0.5) is 23.7 Å². The first-order chi connectivity index (χ1) is 26.7. The van der Waals surface area contributed by atoms with Gasteiger partial charge in [-0.2, -0.15) is 18.3 Å². The second kappa shape index (κ2) is 16.6. The molecule has 1 aliphatic rings. The zero-order valence-corrected chi connectivity index (χ0v) is 32.6. The number of imidazole rings is 1. The van der Waals surface area contributed by atoms with Crippen molar-refractivity contribution in [3.63, 3.8) is 0 Å². The fourth-order valence-electron chi connectivity index (χ4n) is 6.60. The number of likely N-dealkylation sites (N-methyl/N-ethyl adjacent to an activating group) is 1. The van der Waals surface area contributed by atoms with Crippen LogP contribution in [-0.4, -0.2) is 99.5 Å². The molecule has 1 N–H and O–H groups in total. The lowest BCUT2D eigenvalue weighted by atomic mass is 10.0. The van der Waals surface area contributed by atoms with Gasteiger partial charge >= 0.3 is 17.9 Å². The Bertz CT molecular complexity index is 2460. The van der Waals surface area contributed by atoms with Crippen LogP contribution in [0.2, 0.25) is 0 Å². The summed E-state index contributed by atoms with van der Waals surface area (Å²) in [6, 6.07) is 17.6. The molecular formula is C39H41F3N8O6S.